The Hall–Kier alpha value is -1.67. The summed E-state index contributed by atoms with van der Waals surface area (Å²) in [5, 5.41) is 3.70. The second-order valence-corrected chi connectivity index (χ2v) is 5.44. The van der Waals surface area contributed by atoms with Gasteiger partial charge in [-0.25, -0.2) is 0 Å². The van der Waals surface area contributed by atoms with Crippen molar-refractivity contribution in [2.45, 2.75) is 37.8 Å². The Morgan fingerprint density at radius 3 is 2.42 bits per heavy atom. The van der Waals surface area contributed by atoms with E-state index in [4.69, 9.17) is 0 Å². The van der Waals surface area contributed by atoms with E-state index >= 15 is 0 Å². The van der Waals surface area contributed by atoms with Gasteiger partial charge in [0, 0.05) is 24.5 Å². The molecule has 1 aromatic heterocycles. The Morgan fingerprint density at radius 2 is 1.74 bits per heavy atom. The first kappa shape index (κ1) is 12.4. The van der Waals surface area contributed by atoms with Crippen LogP contribution in [-0.2, 0) is 0 Å². The van der Waals surface area contributed by atoms with Gasteiger partial charge >= 0.3 is 0 Å². The number of hydrogen-bond donors (Lipinski definition) is 1. The summed E-state index contributed by atoms with van der Waals surface area (Å²) in [6.07, 6.45) is 6.22. The molecule has 0 radical (unpaired) electrons. The van der Waals surface area contributed by atoms with Crippen LogP contribution in [0.15, 0.2) is 54.9 Å². The highest BCUT2D eigenvalue weighted by Gasteiger charge is 2.30. The maximum atomic E-state index is 4.07. The highest BCUT2D eigenvalue weighted by Crippen LogP contribution is 2.37. The molecule has 0 amide bonds. The second kappa shape index (κ2) is 5.54. The fraction of sp³-hybridized carbons (Fsp3) is 0.353. The minimum Gasteiger partial charge on any atom is -0.307 e. The quantitative estimate of drug-likeness (QED) is 0.898. The number of rotatable bonds is 4. The Morgan fingerprint density at radius 1 is 1.05 bits per heavy atom. The largest absolute Gasteiger partial charge is 0.307 e. The van der Waals surface area contributed by atoms with Crippen LogP contribution >= 0.6 is 0 Å². The molecule has 1 saturated carbocycles. The summed E-state index contributed by atoms with van der Waals surface area (Å²) in [6, 6.07) is 16.1. The normalized spacial score (nSPS) is 23.6. The van der Waals surface area contributed by atoms with Crippen LogP contribution in [0.2, 0.25) is 0 Å². The summed E-state index contributed by atoms with van der Waals surface area (Å²) in [5.74, 6) is 0.739. The van der Waals surface area contributed by atoms with Crippen LogP contribution in [0.1, 0.15) is 42.9 Å². The molecule has 1 heterocycles. The summed E-state index contributed by atoms with van der Waals surface area (Å²) in [6.45, 7) is 2.23. The Bertz CT molecular complexity index is 503. The summed E-state index contributed by atoms with van der Waals surface area (Å²) in [7, 11) is 0. The molecule has 1 aliphatic carbocycles. The third kappa shape index (κ3) is 2.85. The van der Waals surface area contributed by atoms with Gasteiger partial charge in [-0.15, -0.1) is 0 Å². The maximum absolute atomic E-state index is 4.07. The minimum absolute atomic E-state index is 0.407. The molecule has 2 heteroatoms. The van der Waals surface area contributed by atoms with Crippen LogP contribution in [0.3, 0.4) is 0 Å². The molecule has 3 rings (SSSR count). The van der Waals surface area contributed by atoms with Crippen molar-refractivity contribution in [1.82, 2.24) is 10.3 Å². The molecule has 0 spiro atoms. The number of nitrogens with one attached hydrogen (secondary N) is 1. The molecule has 0 bridgehead atoms. The topological polar surface area (TPSA) is 24.9 Å². The zero-order valence-electron chi connectivity index (χ0n) is 11.3. The first-order valence-corrected chi connectivity index (χ1v) is 7.04. The molecule has 98 valence electrons. The predicted octanol–water partition coefficient (Wildman–Crippen LogP) is 3.68. The van der Waals surface area contributed by atoms with Gasteiger partial charge in [-0.05, 0) is 48.9 Å². The van der Waals surface area contributed by atoms with E-state index in [-0.39, 0.29) is 0 Å². The lowest BCUT2D eigenvalue weighted by Crippen LogP contribution is -2.41. The van der Waals surface area contributed by atoms with Gasteiger partial charge in [-0.3, -0.25) is 4.98 Å². The van der Waals surface area contributed by atoms with Gasteiger partial charge < -0.3 is 5.32 Å². The average molecular weight is 252 g/mol. The van der Waals surface area contributed by atoms with Gasteiger partial charge in [0.15, 0.2) is 0 Å². The van der Waals surface area contributed by atoms with E-state index in [0.29, 0.717) is 12.1 Å². The zero-order chi connectivity index (χ0) is 13.1. The number of nitrogens with zero attached hydrogens (tertiary/aromatic N) is 1. The van der Waals surface area contributed by atoms with E-state index in [2.05, 4.69) is 59.7 Å². The van der Waals surface area contributed by atoms with Crippen LogP contribution in [0.25, 0.3) is 0 Å². The van der Waals surface area contributed by atoms with E-state index in [1.165, 1.54) is 24.0 Å². The summed E-state index contributed by atoms with van der Waals surface area (Å²) >= 11 is 0. The van der Waals surface area contributed by atoms with Crippen molar-refractivity contribution >= 4 is 0 Å². The molecule has 2 nitrogen and oxygen atoms in total. The van der Waals surface area contributed by atoms with Crippen molar-refractivity contribution in [3.05, 3.63) is 66.0 Å². The van der Waals surface area contributed by atoms with Crippen LogP contribution < -0.4 is 5.32 Å². The molecule has 2 aromatic rings. The van der Waals surface area contributed by atoms with Gasteiger partial charge in [0.05, 0.1) is 0 Å². The first-order valence-electron chi connectivity index (χ1n) is 7.04. The number of pyridine rings is 1. The first-order chi connectivity index (χ1) is 9.33. The van der Waals surface area contributed by atoms with Crippen molar-refractivity contribution in [3.8, 4) is 0 Å². The van der Waals surface area contributed by atoms with Crippen LogP contribution in [0.5, 0.6) is 0 Å². The molecular formula is C17H20N2. The summed E-state index contributed by atoms with van der Waals surface area (Å²) in [4.78, 5) is 4.07. The lowest BCUT2D eigenvalue weighted by molar-refractivity contribution is 0.271. The van der Waals surface area contributed by atoms with Crippen LogP contribution in [0, 0.1) is 0 Å². The van der Waals surface area contributed by atoms with Crippen LogP contribution in [-0.4, -0.2) is 11.0 Å². The SMILES string of the molecule is CC(NC1CC(c2ccccc2)C1)c1ccncc1. The molecule has 0 aliphatic heterocycles. The summed E-state index contributed by atoms with van der Waals surface area (Å²) in [5.41, 5.74) is 2.80. The number of benzene rings is 1. The molecule has 1 N–H and O–H groups in total. The van der Waals surface area contributed by atoms with E-state index < -0.39 is 0 Å². The molecule has 1 fully saturated rings. The molecule has 1 atom stereocenters. The zero-order valence-corrected chi connectivity index (χ0v) is 11.3. The monoisotopic (exact) mass is 252 g/mol. The molecular weight excluding hydrogens is 232 g/mol. The van der Waals surface area contributed by atoms with Gasteiger partial charge in [-0.1, -0.05) is 30.3 Å². The Balaban J connectivity index is 1.52. The van der Waals surface area contributed by atoms with E-state index in [1.807, 2.05) is 12.4 Å². The second-order valence-electron chi connectivity index (χ2n) is 5.44. The lowest BCUT2D eigenvalue weighted by Gasteiger charge is -2.38. The smallest absolute Gasteiger partial charge is 0.0295 e. The van der Waals surface area contributed by atoms with Crippen molar-refractivity contribution in [2.75, 3.05) is 0 Å². The third-order valence-electron chi connectivity index (χ3n) is 4.10. The Labute approximate surface area is 114 Å². The van der Waals surface area contributed by atoms with Gasteiger partial charge in [0.1, 0.15) is 0 Å². The minimum atomic E-state index is 0.407. The maximum Gasteiger partial charge on any atom is 0.0295 e. The lowest BCUT2D eigenvalue weighted by atomic mass is 9.75. The molecule has 19 heavy (non-hydrogen) atoms. The Kier molecular flexibility index (Phi) is 3.60. The number of hydrogen-bond acceptors (Lipinski definition) is 2. The van der Waals surface area contributed by atoms with Gasteiger partial charge in [0.2, 0.25) is 0 Å². The van der Waals surface area contributed by atoms with E-state index in [0.717, 1.165) is 5.92 Å². The fourth-order valence-corrected chi connectivity index (χ4v) is 2.85. The molecule has 0 saturated heterocycles. The average Bonchev–Trinajstić information content (AvgIpc) is 2.44. The van der Waals surface area contributed by atoms with Gasteiger partial charge in [0.25, 0.3) is 0 Å². The standard InChI is InChI=1S/C17H20N2/c1-13(14-7-9-18-10-8-14)19-17-11-16(12-17)15-5-3-2-4-6-15/h2-10,13,16-17,19H,11-12H2,1H3. The third-order valence-corrected chi connectivity index (χ3v) is 4.10. The van der Waals surface area contributed by atoms with Crippen molar-refractivity contribution in [2.24, 2.45) is 0 Å². The van der Waals surface area contributed by atoms with Crippen molar-refractivity contribution in [1.29, 1.82) is 0 Å². The highest BCUT2D eigenvalue weighted by molar-refractivity contribution is 5.23. The van der Waals surface area contributed by atoms with Crippen molar-refractivity contribution < 1.29 is 0 Å². The van der Waals surface area contributed by atoms with Crippen LogP contribution in [0.4, 0.5) is 0 Å². The highest BCUT2D eigenvalue weighted by atomic mass is 15.0. The fourth-order valence-electron chi connectivity index (χ4n) is 2.85. The molecule has 1 unspecified atom stereocenters. The molecule has 1 aromatic carbocycles. The van der Waals surface area contributed by atoms with E-state index in [1.54, 1.807) is 0 Å². The van der Waals surface area contributed by atoms with Gasteiger partial charge in [-0.2, -0.15) is 0 Å². The summed E-state index contributed by atoms with van der Waals surface area (Å²) < 4.78 is 0. The number of aromatic nitrogens is 1. The predicted molar refractivity (Wildman–Crippen MR) is 78.0 cm³/mol. The van der Waals surface area contributed by atoms with Crippen molar-refractivity contribution in [3.63, 3.8) is 0 Å². The molecule has 1 aliphatic rings. The van der Waals surface area contributed by atoms with E-state index in [9.17, 15) is 0 Å².